The lowest BCUT2D eigenvalue weighted by molar-refractivity contribution is 0.0492. The Morgan fingerprint density at radius 1 is 1.24 bits per heavy atom. The van der Waals surface area contributed by atoms with E-state index in [4.69, 9.17) is 4.74 Å². The number of benzene rings is 1. The van der Waals surface area contributed by atoms with Crippen LogP contribution in [0.15, 0.2) is 52.8 Å². The molecule has 3 aromatic rings. The fourth-order valence-electron chi connectivity index (χ4n) is 1.98. The Morgan fingerprint density at radius 2 is 2.10 bits per heavy atom. The molecule has 0 aliphatic carbocycles. The molecule has 5 nitrogen and oxygen atoms in total. The highest BCUT2D eigenvalue weighted by Crippen LogP contribution is 2.10. The number of aromatic nitrogens is 2. The van der Waals surface area contributed by atoms with E-state index in [-0.39, 0.29) is 24.7 Å². The van der Waals surface area contributed by atoms with Gasteiger partial charge >= 0.3 is 5.97 Å². The average molecular weight is 300 g/mol. The van der Waals surface area contributed by atoms with Crippen molar-refractivity contribution in [3.05, 3.63) is 63.2 Å². The van der Waals surface area contributed by atoms with Crippen molar-refractivity contribution in [1.82, 2.24) is 9.78 Å². The molecule has 2 aromatic heterocycles. The first-order valence-corrected chi connectivity index (χ1v) is 7.29. The fourth-order valence-corrected chi connectivity index (χ4v) is 2.59. The minimum Gasteiger partial charge on any atom is -0.460 e. The van der Waals surface area contributed by atoms with E-state index >= 15 is 0 Å². The second-order valence-electron chi connectivity index (χ2n) is 4.37. The van der Waals surface area contributed by atoms with Gasteiger partial charge < -0.3 is 4.74 Å². The maximum atomic E-state index is 12.2. The number of hydrogen-bond acceptors (Lipinski definition) is 5. The Balaban J connectivity index is 1.70. The Kier molecular flexibility index (Phi) is 3.79. The largest absolute Gasteiger partial charge is 0.460 e. The molecule has 0 bridgehead atoms. The summed E-state index contributed by atoms with van der Waals surface area (Å²) in [6, 6.07) is 10.8. The molecule has 0 spiro atoms. The summed E-state index contributed by atoms with van der Waals surface area (Å²) >= 11 is 1.32. The van der Waals surface area contributed by atoms with Crippen LogP contribution in [-0.4, -0.2) is 22.4 Å². The smallest absolute Gasteiger partial charge is 0.348 e. The Labute approximate surface area is 124 Å². The zero-order valence-electron chi connectivity index (χ0n) is 11.1. The molecule has 0 radical (unpaired) electrons. The minimum absolute atomic E-state index is 0.113. The van der Waals surface area contributed by atoms with Gasteiger partial charge in [-0.2, -0.15) is 5.10 Å². The molecule has 0 saturated carbocycles. The predicted octanol–water partition coefficient (Wildman–Crippen LogP) is 2.32. The molecule has 0 amide bonds. The zero-order valence-corrected chi connectivity index (χ0v) is 11.9. The lowest BCUT2D eigenvalue weighted by atomic mass is 10.2. The highest BCUT2D eigenvalue weighted by Gasteiger charge is 2.08. The van der Waals surface area contributed by atoms with Gasteiger partial charge in [0.15, 0.2) is 0 Å². The molecular weight excluding hydrogens is 288 g/mol. The van der Waals surface area contributed by atoms with Gasteiger partial charge in [0.2, 0.25) is 0 Å². The van der Waals surface area contributed by atoms with E-state index in [1.165, 1.54) is 16.0 Å². The van der Waals surface area contributed by atoms with Gasteiger partial charge in [0.05, 0.1) is 18.1 Å². The molecule has 6 heteroatoms. The van der Waals surface area contributed by atoms with Crippen LogP contribution in [0.4, 0.5) is 0 Å². The SMILES string of the molecule is O=C(OCCn1ncc2ccccc2c1=O)c1cccs1. The molecule has 0 saturated heterocycles. The van der Waals surface area contributed by atoms with Gasteiger partial charge in [-0.25, -0.2) is 9.48 Å². The van der Waals surface area contributed by atoms with Crippen molar-refractivity contribution in [3.8, 4) is 0 Å². The third-order valence-electron chi connectivity index (χ3n) is 3.02. The molecule has 1 aromatic carbocycles. The Bertz CT molecular complexity index is 824. The van der Waals surface area contributed by atoms with Crippen molar-refractivity contribution in [3.63, 3.8) is 0 Å². The summed E-state index contributed by atoms with van der Waals surface area (Å²) in [5, 5.41) is 7.30. The third-order valence-corrected chi connectivity index (χ3v) is 3.87. The summed E-state index contributed by atoms with van der Waals surface area (Å²) in [4.78, 5) is 24.4. The normalized spacial score (nSPS) is 10.7. The summed E-state index contributed by atoms with van der Waals surface area (Å²) in [6.45, 7) is 0.350. The van der Waals surface area contributed by atoms with E-state index in [1.807, 2.05) is 23.6 Å². The molecule has 21 heavy (non-hydrogen) atoms. The van der Waals surface area contributed by atoms with E-state index < -0.39 is 0 Å². The lowest BCUT2D eigenvalue weighted by Crippen LogP contribution is -2.25. The number of ether oxygens (including phenoxy) is 1. The number of carbonyl (C=O) groups excluding carboxylic acids is 1. The van der Waals surface area contributed by atoms with Crippen molar-refractivity contribution in [2.75, 3.05) is 6.61 Å². The standard InChI is InChI=1S/C15H12N2O3S/c18-14-12-5-2-1-4-11(12)10-16-17(14)7-8-20-15(19)13-6-3-9-21-13/h1-6,9-10H,7-8H2. The average Bonchev–Trinajstić information content (AvgIpc) is 3.04. The quantitative estimate of drug-likeness (QED) is 0.694. The minimum atomic E-state index is -0.376. The predicted molar refractivity (Wildman–Crippen MR) is 80.6 cm³/mol. The van der Waals surface area contributed by atoms with Gasteiger partial charge in [-0.05, 0) is 17.5 Å². The highest BCUT2D eigenvalue weighted by molar-refractivity contribution is 7.11. The molecule has 106 valence electrons. The van der Waals surface area contributed by atoms with E-state index in [9.17, 15) is 9.59 Å². The van der Waals surface area contributed by atoms with Crippen molar-refractivity contribution < 1.29 is 9.53 Å². The number of thiophene rings is 1. The van der Waals surface area contributed by atoms with Crippen LogP contribution >= 0.6 is 11.3 Å². The first-order chi connectivity index (χ1) is 10.3. The second-order valence-corrected chi connectivity index (χ2v) is 5.32. The number of fused-ring (bicyclic) bond motifs is 1. The summed E-state index contributed by atoms with van der Waals surface area (Å²) in [5.41, 5.74) is -0.180. The molecule has 0 atom stereocenters. The summed E-state index contributed by atoms with van der Waals surface area (Å²) in [5.74, 6) is -0.376. The summed E-state index contributed by atoms with van der Waals surface area (Å²) in [7, 11) is 0. The maximum absolute atomic E-state index is 12.2. The van der Waals surface area contributed by atoms with Crippen molar-refractivity contribution in [1.29, 1.82) is 0 Å². The summed E-state index contributed by atoms with van der Waals surface area (Å²) < 4.78 is 6.44. The number of nitrogens with zero attached hydrogens (tertiary/aromatic N) is 2. The van der Waals surface area contributed by atoms with Crippen LogP contribution in [0.1, 0.15) is 9.67 Å². The molecule has 0 aliphatic rings. The van der Waals surface area contributed by atoms with E-state index in [1.54, 1.807) is 24.4 Å². The topological polar surface area (TPSA) is 61.2 Å². The van der Waals surface area contributed by atoms with Crippen LogP contribution in [0.5, 0.6) is 0 Å². The first-order valence-electron chi connectivity index (χ1n) is 6.41. The van der Waals surface area contributed by atoms with Crippen molar-refractivity contribution >= 4 is 28.1 Å². The molecule has 0 fully saturated rings. The molecule has 0 N–H and O–H groups in total. The van der Waals surface area contributed by atoms with E-state index in [0.717, 1.165) is 5.39 Å². The van der Waals surface area contributed by atoms with Gasteiger partial charge in [0.1, 0.15) is 11.5 Å². The number of rotatable bonds is 4. The monoisotopic (exact) mass is 300 g/mol. The molecule has 0 aliphatic heterocycles. The van der Waals surface area contributed by atoms with Crippen molar-refractivity contribution in [2.45, 2.75) is 6.54 Å². The van der Waals surface area contributed by atoms with Crippen LogP contribution in [0, 0.1) is 0 Å². The fraction of sp³-hybridized carbons (Fsp3) is 0.133. The third kappa shape index (κ3) is 2.85. The number of carbonyl (C=O) groups is 1. The van der Waals surface area contributed by atoms with Crippen molar-refractivity contribution in [2.24, 2.45) is 0 Å². The molecular formula is C15H12N2O3S. The second kappa shape index (κ2) is 5.88. The van der Waals surface area contributed by atoms with Gasteiger partial charge in [-0.15, -0.1) is 11.3 Å². The van der Waals surface area contributed by atoms with E-state index in [0.29, 0.717) is 10.3 Å². The Hall–Kier alpha value is -2.47. The number of hydrogen-bond donors (Lipinski definition) is 0. The number of esters is 1. The van der Waals surface area contributed by atoms with Gasteiger partial charge in [0, 0.05) is 5.39 Å². The van der Waals surface area contributed by atoms with Gasteiger partial charge in [0.25, 0.3) is 5.56 Å². The zero-order chi connectivity index (χ0) is 14.7. The highest BCUT2D eigenvalue weighted by atomic mass is 32.1. The Morgan fingerprint density at radius 3 is 2.90 bits per heavy atom. The van der Waals surface area contributed by atoms with Gasteiger partial charge in [-0.1, -0.05) is 24.3 Å². The summed E-state index contributed by atoms with van der Waals surface area (Å²) in [6.07, 6.45) is 1.64. The lowest BCUT2D eigenvalue weighted by Gasteiger charge is -2.06. The van der Waals surface area contributed by atoms with Crippen LogP contribution in [-0.2, 0) is 11.3 Å². The molecule has 3 rings (SSSR count). The van der Waals surface area contributed by atoms with Crippen LogP contribution in [0.2, 0.25) is 0 Å². The van der Waals surface area contributed by atoms with Crippen LogP contribution < -0.4 is 5.56 Å². The maximum Gasteiger partial charge on any atom is 0.348 e. The molecule has 2 heterocycles. The van der Waals surface area contributed by atoms with E-state index in [2.05, 4.69) is 5.10 Å². The van der Waals surface area contributed by atoms with Crippen LogP contribution in [0.25, 0.3) is 10.8 Å². The first kappa shape index (κ1) is 13.5. The van der Waals surface area contributed by atoms with Crippen LogP contribution in [0.3, 0.4) is 0 Å². The van der Waals surface area contributed by atoms with Gasteiger partial charge in [-0.3, -0.25) is 4.79 Å². The molecule has 0 unspecified atom stereocenters.